The summed E-state index contributed by atoms with van der Waals surface area (Å²) >= 11 is 0. The number of primary sulfonamides is 1. The minimum absolute atomic E-state index is 0.129. The van der Waals surface area contributed by atoms with Crippen molar-refractivity contribution < 1.29 is 17.9 Å². The van der Waals surface area contributed by atoms with E-state index < -0.39 is 10.0 Å². The van der Waals surface area contributed by atoms with E-state index >= 15 is 0 Å². The van der Waals surface area contributed by atoms with E-state index in [0.717, 1.165) is 0 Å². The normalized spacial score (nSPS) is 11.3. The van der Waals surface area contributed by atoms with E-state index in [1.54, 1.807) is 6.92 Å². The van der Waals surface area contributed by atoms with Crippen molar-refractivity contribution in [3.8, 4) is 0 Å². The maximum atomic E-state index is 10.8. The summed E-state index contributed by atoms with van der Waals surface area (Å²) in [6.45, 7) is 2.73. The predicted octanol–water partition coefficient (Wildman–Crippen LogP) is -1.18. The van der Waals surface area contributed by atoms with Crippen LogP contribution in [0.25, 0.3) is 0 Å². The van der Waals surface area contributed by atoms with E-state index in [-0.39, 0.29) is 24.7 Å². The lowest BCUT2D eigenvalue weighted by atomic mass is 10.4. The molecule has 0 saturated carbocycles. The van der Waals surface area contributed by atoms with Crippen molar-refractivity contribution in [2.45, 2.75) is 13.3 Å². The van der Waals surface area contributed by atoms with E-state index in [0.29, 0.717) is 13.2 Å². The standard InChI is InChI=1S/C7H16N2O4S/c1-2-13-7(10)3-4-9-5-6-14(8,11)12/h9H,2-6H2,1H3,(H2,8,11,12). The Kier molecular flexibility index (Phi) is 6.43. The molecule has 0 heterocycles. The van der Waals surface area contributed by atoms with Gasteiger partial charge >= 0.3 is 5.97 Å². The number of sulfonamides is 1. The number of nitrogens with two attached hydrogens (primary N) is 1. The van der Waals surface area contributed by atoms with Gasteiger partial charge in [0, 0.05) is 13.1 Å². The van der Waals surface area contributed by atoms with Gasteiger partial charge in [-0.2, -0.15) is 0 Å². The Morgan fingerprint density at radius 2 is 2.07 bits per heavy atom. The lowest BCUT2D eigenvalue weighted by molar-refractivity contribution is -0.142. The third-order valence-corrected chi connectivity index (χ3v) is 2.15. The third-order valence-electron chi connectivity index (χ3n) is 1.37. The number of ether oxygens (including phenoxy) is 1. The SMILES string of the molecule is CCOC(=O)CCNCCS(N)(=O)=O. The number of rotatable bonds is 7. The zero-order chi connectivity index (χ0) is 11.0. The van der Waals surface area contributed by atoms with E-state index in [4.69, 9.17) is 5.14 Å². The predicted molar refractivity (Wildman–Crippen MR) is 52.1 cm³/mol. The molecule has 0 bridgehead atoms. The summed E-state index contributed by atoms with van der Waals surface area (Å²) in [6, 6.07) is 0. The lowest BCUT2D eigenvalue weighted by Gasteiger charge is -2.03. The lowest BCUT2D eigenvalue weighted by Crippen LogP contribution is -2.28. The molecule has 0 spiro atoms. The maximum Gasteiger partial charge on any atom is 0.307 e. The molecular formula is C7H16N2O4S. The molecule has 0 rings (SSSR count). The zero-order valence-corrected chi connectivity index (χ0v) is 8.97. The average Bonchev–Trinajstić information content (AvgIpc) is 2.02. The third kappa shape index (κ3) is 9.43. The highest BCUT2D eigenvalue weighted by Crippen LogP contribution is 1.84. The summed E-state index contributed by atoms with van der Waals surface area (Å²) in [5.74, 6) is -0.425. The van der Waals surface area contributed by atoms with E-state index in [9.17, 15) is 13.2 Å². The molecule has 0 aromatic carbocycles. The van der Waals surface area contributed by atoms with Crippen molar-refractivity contribution in [1.29, 1.82) is 0 Å². The molecule has 0 atom stereocenters. The first-order chi connectivity index (χ1) is 6.45. The number of carbonyl (C=O) groups is 1. The summed E-state index contributed by atoms with van der Waals surface area (Å²) in [5.41, 5.74) is 0. The van der Waals surface area contributed by atoms with Gasteiger partial charge in [0.05, 0.1) is 18.8 Å². The molecule has 6 nitrogen and oxygen atoms in total. The molecule has 0 radical (unpaired) electrons. The monoisotopic (exact) mass is 224 g/mol. The molecule has 0 unspecified atom stereocenters. The van der Waals surface area contributed by atoms with Crippen LogP contribution in [0.1, 0.15) is 13.3 Å². The highest BCUT2D eigenvalue weighted by Gasteiger charge is 2.03. The topological polar surface area (TPSA) is 98.5 Å². The van der Waals surface area contributed by atoms with Crippen LogP contribution in [0.2, 0.25) is 0 Å². The van der Waals surface area contributed by atoms with Crippen LogP contribution in [0.4, 0.5) is 0 Å². The van der Waals surface area contributed by atoms with Gasteiger partial charge in [0.25, 0.3) is 0 Å². The van der Waals surface area contributed by atoms with Gasteiger partial charge in [0.1, 0.15) is 0 Å². The molecule has 0 fully saturated rings. The fraction of sp³-hybridized carbons (Fsp3) is 0.857. The summed E-state index contributed by atoms with van der Waals surface area (Å²) in [7, 11) is -3.41. The number of hydrogen-bond donors (Lipinski definition) is 2. The van der Waals surface area contributed by atoms with Crippen molar-refractivity contribution in [2.24, 2.45) is 5.14 Å². The van der Waals surface area contributed by atoms with Gasteiger partial charge in [-0.25, -0.2) is 13.6 Å². The zero-order valence-electron chi connectivity index (χ0n) is 8.15. The van der Waals surface area contributed by atoms with Gasteiger partial charge in [-0.1, -0.05) is 0 Å². The molecule has 0 aliphatic heterocycles. The van der Waals surface area contributed by atoms with E-state index in [1.807, 2.05) is 0 Å². The van der Waals surface area contributed by atoms with Crippen LogP contribution in [0.3, 0.4) is 0 Å². The van der Waals surface area contributed by atoms with Crippen molar-refractivity contribution in [3.63, 3.8) is 0 Å². The number of hydrogen-bond acceptors (Lipinski definition) is 5. The Morgan fingerprint density at radius 1 is 1.43 bits per heavy atom. The fourth-order valence-corrected chi connectivity index (χ4v) is 1.19. The highest BCUT2D eigenvalue weighted by atomic mass is 32.2. The second kappa shape index (κ2) is 6.74. The van der Waals surface area contributed by atoms with Crippen LogP contribution in [0, 0.1) is 0 Å². The molecular weight excluding hydrogens is 208 g/mol. The van der Waals surface area contributed by atoms with Crippen LogP contribution < -0.4 is 10.5 Å². The molecule has 3 N–H and O–H groups in total. The Labute approximate surface area is 83.9 Å². The first kappa shape index (κ1) is 13.3. The van der Waals surface area contributed by atoms with E-state index in [1.165, 1.54) is 0 Å². The van der Waals surface area contributed by atoms with Crippen LogP contribution in [0.15, 0.2) is 0 Å². The van der Waals surface area contributed by atoms with Crippen molar-refractivity contribution in [3.05, 3.63) is 0 Å². The fourth-order valence-electron chi connectivity index (χ4n) is 0.763. The minimum Gasteiger partial charge on any atom is -0.466 e. The van der Waals surface area contributed by atoms with Crippen LogP contribution in [-0.4, -0.2) is 39.8 Å². The smallest absolute Gasteiger partial charge is 0.307 e. The Bertz CT molecular complexity index is 263. The van der Waals surface area contributed by atoms with Crippen molar-refractivity contribution in [1.82, 2.24) is 5.32 Å². The second-order valence-electron chi connectivity index (χ2n) is 2.67. The molecule has 0 saturated heterocycles. The van der Waals surface area contributed by atoms with Crippen molar-refractivity contribution in [2.75, 3.05) is 25.4 Å². The first-order valence-corrected chi connectivity index (χ1v) is 6.04. The Morgan fingerprint density at radius 3 is 2.57 bits per heavy atom. The number of carbonyl (C=O) groups excluding carboxylic acids is 1. The number of nitrogens with one attached hydrogen (secondary N) is 1. The summed E-state index contributed by atoms with van der Waals surface area (Å²) in [5, 5.41) is 7.54. The number of esters is 1. The minimum atomic E-state index is -3.41. The van der Waals surface area contributed by atoms with Gasteiger partial charge in [0.15, 0.2) is 0 Å². The quantitative estimate of drug-likeness (QED) is 0.419. The summed E-state index contributed by atoms with van der Waals surface area (Å²) in [6.07, 6.45) is 0.235. The molecule has 0 aliphatic rings. The summed E-state index contributed by atoms with van der Waals surface area (Å²) < 4.78 is 25.6. The summed E-state index contributed by atoms with van der Waals surface area (Å²) in [4.78, 5) is 10.8. The van der Waals surface area contributed by atoms with E-state index in [2.05, 4.69) is 10.1 Å². The molecule has 0 amide bonds. The largest absolute Gasteiger partial charge is 0.466 e. The maximum absolute atomic E-state index is 10.8. The average molecular weight is 224 g/mol. The molecule has 84 valence electrons. The van der Waals surface area contributed by atoms with Gasteiger partial charge in [0.2, 0.25) is 10.0 Å². The van der Waals surface area contributed by atoms with Gasteiger partial charge in [-0.15, -0.1) is 0 Å². The molecule has 0 aromatic rings. The van der Waals surface area contributed by atoms with Crippen LogP contribution >= 0.6 is 0 Å². The second-order valence-corrected chi connectivity index (χ2v) is 4.41. The molecule has 7 heteroatoms. The molecule has 14 heavy (non-hydrogen) atoms. The highest BCUT2D eigenvalue weighted by molar-refractivity contribution is 7.89. The van der Waals surface area contributed by atoms with Crippen molar-refractivity contribution >= 4 is 16.0 Å². The molecule has 0 aliphatic carbocycles. The van der Waals surface area contributed by atoms with Crippen LogP contribution in [-0.2, 0) is 19.6 Å². The van der Waals surface area contributed by atoms with Crippen LogP contribution in [0.5, 0.6) is 0 Å². The van der Waals surface area contributed by atoms with Gasteiger partial charge in [-0.3, -0.25) is 4.79 Å². The van der Waals surface area contributed by atoms with Gasteiger partial charge in [-0.05, 0) is 6.92 Å². The Hall–Kier alpha value is -0.660. The first-order valence-electron chi connectivity index (χ1n) is 4.32. The van der Waals surface area contributed by atoms with Gasteiger partial charge < -0.3 is 10.1 Å². The molecule has 0 aromatic heterocycles. The Balaban J connectivity index is 3.34.